The number of rotatable bonds is 3. The van der Waals surface area contributed by atoms with Gasteiger partial charge in [0.2, 0.25) is 11.0 Å². The molecule has 150 valence electrons. The molecule has 1 amide bonds. The van der Waals surface area contributed by atoms with E-state index in [0.29, 0.717) is 10.9 Å². The van der Waals surface area contributed by atoms with Gasteiger partial charge in [0.15, 0.2) is 0 Å². The summed E-state index contributed by atoms with van der Waals surface area (Å²) in [5.41, 5.74) is 4.38. The van der Waals surface area contributed by atoms with Crippen LogP contribution in [0, 0.1) is 24.0 Å². The highest BCUT2D eigenvalue weighted by molar-refractivity contribution is 7.20. The van der Waals surface area contributed by atoms with Crippen LogP contribution in [0.15, 0.2) is 42.5 Å². The summed E-state index contributed by atoms with van der Waals surface area (Å²) < 4.78 is 2.72. The maximum absolute atomic E-state index is 12.5. The van der Waals surface area contributed by atoms with Gasteiger partial charge in [0.05, 0.1) is 20.8 Å². The zero-order valence-corrected chi connectivity index (χ0v) is 17.1. The fourth-order valence-electron chi connectivity index (χ4n) is 3.94. The van der Waals surface area contributed by atoms with E-state index < -0.39 is 4.92 Å². The molecule has 0 spiro atoms. The number of carbonyl (C=O) groups is 1. The zero-order chi connectivity index (χ0) is 21.0. The smallest absolute Gasteiger partial charge is 0.269 e. The first-order chi connectivity index (χ1) is 14.4. The molecule has 0 bridgehead atoms. The third-order valence-electron chi connectivity index (χ3n) is 5.30. The maximum atomic E-state index is 12.5. The Balaban J connectivity index is 1.66. The van der Waals surface area contributed by atoms with Crippen LogP contribution < -0.4 is 5.32 Å². The molecule has 2 aromatic carbocycles. The van der Waals surface area contributed by atoms with Gasteiger partial charge in [-0.05, 0) is 37.1 Å². The van der Waals surface area contributed by atoms with Crippen molar-refractivity contribution in [1.29, 1.82) is 0 Å². The standard InChI is InChI=1S/C21H17N5O3S/c1-11-6-7-16-17(8-11)30-21(22-16)25-20-19(12(2)24-25)15(10-18(27)23-20)13-4-3-5-14(9-13)26(28)29/h3-9,15H,10H2,1-2H3,(H,23,27)/t15-/m0/s1. The Hall–Kier alpha value is -3.59. The third kappa shape index (κ3) is 2.94. The molecule has 4 aromatic rings. The Bertz CT molecular complexity index is 1340. The number of nitrogens with one attached hydrogen (secondary N) is 1. The number of anilines is 1. The van der Waals surface area contributed by atoms with Crippen molar-refractivity contribution in [2.24, 2.45) is 0 Å². The van der Waals surface area contributed by atoms with Crippen molar-refractivity contribution >= 4 is 39.0 Å². The van der Waals surface area contributed by atoms with Gasteiger partial charge < -0.3 is 5.32 Å². The van der Waals surface area contributed by atoms with E-state index in [0.717, 1.165) is 32.6 Å². The summed E-state index contributed by atoms with van der Waals surface area (Å²) in [5, 5.41) is 19.5. The van der Waals surface area contributed by atoms with Crippen LogP contribution in [-0.4, -0.2) is 25.6 Å². The van der Waals surface area contributed by atoms with Crippen LogP contribution in [0.2, 0.25) is 0 Å². The molecule has 30 heavy (non-hydrogen) atoms. The molecule has 1 aliphatic rings. The van der Waals surface area contributed by atoms with Crippen molar-refractivity contribution in [2.45, 2.75) is 26.2 Å². The van der Waals surface area contributed by atoms with Crippen LogP contribution in [0.25, 0.3) is 15.3 Å². The van der Waals surface area contributed by atoms with Crippen LogP contribution >= 0.6 is 11.3 Å². The lowest BCUT2D eigenvalue weighted by Crippen LogP contribution is -2.25. The number of benzene rings is 2. The van der Waals surface area contributed by atoms with Crippen LogP contribution in [0.1, 0.15) is 34.7 Å². The second kappa shape index (κ2) is 6.74. The molecule has 1 atom stereocenters. The van der Waals surface area contributed by atoms with Gasteiger partial charge in [-0.3, -0.25) is 14.9 Å². The molecule has 5 rings (SSSR count). The highest BCUT2D eigenvalue weighted by atomic mass is 32.1. The number of aromatic nitrogens is 3. The monoisotopic (exact) mass is 419 g/mol. The minimum absolute atomic E-state index is 0.00613. The van der Waals surface area contributed by atoms with Crippen molar-refractivity contribution in [3.05, 3.63) is 75.0 Å². The van der Waals surface area contributed by atoms with Gasteiger partial charge in [0.1, 0.15) is 5.82 Å². The molecule has 0 saturated heterocycles. The number of fused-ring (bicyclic) bond motifs is 2. The van der Waals surface area contributed by atoms with Crippen molar-refractivity contribution in [3.63, 3.8) is 0 Å². The lowest BCUT2D eigenvalue weighted by atomic mass is 9.85. The van der Waals surface area contributed by atoms with Crippen molar-refractivity contribution < 1.29 is 9.72 Å². The topological polar surface area (TPSA) is 103 Å². The van der Waals surface area contributed by atoms with Crippen LogP contribution in [0.3, 0.4) is 0 Å². The van der Waals surface area contributed by atoms with Crippen LogP contribution in [-0.2, 0) is 4.79 Å². The van der Waals surface area contributed by atoms with E-state index in [1.54, 1.807) is 10.7 Å². The summed E-state index contributed by atoms with van der Waals surface area (Å²) in [5.74, 6) is 0.118. The van der Waals surface area contributed by atoms with Crippen molar-refractivity contribution in [2.75, 3.05) is 5.32 Å². The number of carbonyl (C=O) groups excluding carboxylic acids is 1. The molecule has 0 fully saturated rings. The molecular weight excluding hydrogens is 402 g/mol. The quantitative estimate of drug-likeness (QED) is 0.389. The molecule has 0 aliphatic carbocycles. The van der Waals surface area contributed by atoms with E-state index in [1.165, 1.54) is 23.5 Å². The average molecular weight is 419 g/mol. The number of non-ortho nitro benzene ring substituents is 1. The molecule has 2 aromatic heterocycles. The average Bonchev–Trinajstić information content (AvgIpc) is 3.28. The normalized spacial score (nSPS) is 15.8. The number of nitro benzene ring substituents is 1. The zero-order valence-electron chi connectivity index (χ0n) is 16.2. The van der Waals surface area contributed by atoms with Gasteiger partial charge >= 0.3 is 0 Å². The molecule has 9 heteroatoms. The molecule has 0 saturated carbocycles. The predicted molar refractivity (Wildman–Crippen MR) is 114 cm³/mol. The fraction of sp³-hybridized carbons (Fsp3) is 0.190. The number of aryl methyl sites for hydroxylation is 2. The number of amides is 1. The fourth-order valence-corrected chi connectivity index (χ4v) is 4.96. The predicted octanol–water partition coefficient (Wildman–Crippen LogP) is 4.48. The van der Waals surface area contributed by atoms with E-state index in [2.05, 4.69) is 21.5 Å². The van der Waals surface area contributed by atoms with Crippen LogP contribution in [0.5, 0.6) is 0 Å². The van der Waals surface area contributed by atoms with Gasteiger partial charge in [0.25, 0.3) is 5.69 Å². The van der Waals surface area contributed by atoms with Gasteiger partial charge in [-0.2, -0.15) is 9.78 Å². The van der Waals surface area contributed by atoms with E-state index in [9.17, 15) is 14.9 Å². The largest absolute Gasteiger partial charge is 0.310 e. The molecule has 1 N–H and O–H groups in total. The lowest BCUT2D eigenvalue weighted by Gasteiger charge is -2.24. The molecule has 3 heterocycles. The summed E-state index contributed by atoms with van der Waals surface area (Å²) in [6.45, 7) is 3.91. The molecule has 0 radical (unpaired) electrons. The van der Waals surface area contributed by atoms with E-state index in [-0.39, 0.29) is 23.9 Å². The minimum Gasteiger partial charge on any atom is -0.310 e. The van der Waals surface area contributed by atoms with Gasteiger partial charge in [-0.25, -0.2) is 4.98 Å². The van der Waals surface area contributed by atoms with Crippen molar-refractivity contribution in [1.82, 2.24) is 14.8 Å². The number of nitrogens with zero attached hydrogens (tertiary/aromatic N) is 4. The second-order valence-corrected chi connectivity index (χ2v) is 8.39. The molecule has 0 unspecified atom stereocenters. The minimum atomic E-state index is -0.424. The molecular formula is C21H17N5O3S. The lowest BCUT2D eigenvalue weighted by molar-refractivity contribution is -0.384. The second-order valence-electron chi connectivity index (χ2n) is 7.38. The summed E-state index contributed by atoms with van der Waals surface area (Å²) in [4.78, 5) is 28.0. The Kier molecular flexibility index (Phi) is 4.14. The number of thiazole rings is 1. The Labute approximate surface area is 175 Å². The van der Waals surface area contributed by atoms with E-state index in [1.807, 2.05) is 32.0 Å². The molecule has 8 nitrogen and oxygen atoms in total. The Morgan fingerprint density at radius 3 is 2.87 bits per heavy atom. The summed E-state index contributed by atoms with van der Waals surface area (Å²) in [6, 6.07) is 12.5. The van der Waals surface area contributed by atoms with Crippen molar-refractivity contribution in [3.8, 4) is 5.13 Å². The van der Waals surface area contributed by atoms with Gasteiger partial charge in [-0.1, -0.05) is 29.5 Å². The van der Waals surface area contributed by atoms with Gasteiger partial charge in [-0.15, -0.1) is 0 Å². The first kappa shape index (κ1) is 18.4. The van der Waals surface area contributed by atoms with Gasteiger partial charge in [0, 0.05) is 30.0 Å². The first-order valence-electron chi connectivity index (χ1n) is 9.42. The number of nitro groups is 1. The van der Waals surface area contributed by atoms with Crippen LogP contribution in [0.4, 0.5) is 11.5 Å². The summed E-state index contributed by atoms with van der Waals surface area (Å²) in [6.07, 6.45) is 0.208. The van der Waals surface area contributed by atoms with E-state index in [4.69, 9.17) is 0 Å². The Morgan fingerprint density at radius 1 is 1.23 bits per heavy atom. The third-order valence-corrected chi connectivity index (χ3v) is 6.29. The highest BCUT2D eigenvalue weighted by Gasteiger charge is 2.33. The van der Waals surface area contributed by atoms with E-state index >= 15 is 0 Å². The maximum Gasteiger partial charge on any atom is 0.269 e. The number of hydrogen-bond acceptors (Lipinski definition) is 6. The summed E-state index contributed by atoms with van der Waals surface area (Å²) >= 11 is 1.50. The highest BCUT2D eigenvalue weighted by Crippen LogP contribution is 2.41. The Morgan fingerprint density at radius 2 is 2.07 bits per heavy atom. The number of hydrogen-bond donors (Lipinski definition) is 1. The summed E-state index contributed by atoms with van der Waals surface area (Å²) in [7, 11) is 0. The first-order valence-corrected chi connectivity index (χ1v) is 10.2. The molecule has 1 aliphatic heterocycles. The SMILES string of the molecule is Cc1ccc2nc(-n3nc(C)c4c3NC(=O)C[C@H]4c3cccc([N+](=O)[O-])c3)sc2c1.